The molecule has 0 saturated heterocycles. The van der Waals surface area contributed by atoms with Crippen molar-refractivity contribution in [1.82, 2.24) is 4.98 Å². The van der Waals surface area contributed by atoms with Crippen molar-refractivity contribution in [3.05, 3.63) is 100 Å². The first-order valence-electron chi connectivity index (χ1n) is 12.8. The van der Waals surface area contributed by atoms with E-state index in [1.807, 2.05) is 0 Å². The summed E-state index contributed by atoms with van der Waals surface area (Å²) in [5, 5.41) is 11.2. The number of carboxylic acid groups (broad SMARTS) is 1. The molecule has 0 aliphatic rings. The Bertz CT molecular complexity index is 1280. The predicted octanol–water partition coefficient (Wildman–Crippen LogP) is 8.77. The fourth-order valence-electron chi connectivity index (χ4n) is 4.35. The third-order valence-corrected chi connectivity index (χ3v) is 7.22. The van der Waals surface area contributed by atoms with Gasteiger partial charge in [0.25, 0.3) is 0 Å². The SMILES string of the molecule is CCCC(CCC)c1ccc(OCc2ccc(-c3csc(COc4cncc(C(=O)O)c4)c3)cc2)cc1.Cl. The topological polar surface area (TPSA) is 68.7 Å². The summed E-state index contributed by atoms with van der Waals surface area (Å²) in [7, 11) is 0. The number of aromatic nitrogens is 1. The van der Waals surface area contributed by atoms with Gasteiger partial charge in [-0.15, -0.1) is 23.7 Å². The maximum absolute atomic E-state index is 11.1. The second-order valence-electron chi connectivity index (χ2n) is 9.13. The van der Waals surface area contributed by atoms with Crippen molar-refractivity contribution in [2.45, 2.75) is 58.7 Å². The van der Waals surface area contributed by atoms with E-state index in [-0.39, 0.29) is 18.0 Å². The highest BCUT2D eigenvalue weighted by atomic mass is 35.5. The van der Waals surface area contributed by atoms with Crippen molar-refractivity contribution in [2.24, 2.45) is 0 Å². The van der Waals surface area contributed by atoms with Gasteiger partial charge in [-0.2, -0.15) is 0 Å². The lowest BCUT2D eigenvalue weighted by molar-refractivity contribution is 0.0696. The fraction of sp³-hybridized carbons (Fsp3) is 0.290. The highest BCUT2D eigenvalue weighted by molar-refractivity contribution is 7.10. The van der Waals surface area contributed by atoms with Crippen LogP contribution in [0.1, 0.15) is 71.8 Å². The summed E-state index contributed by atoms with van der Waals surface area (Å²) in [4.78, 5) is 16.1. The van der Waals surface area contributed by atoms with Gasteiger partial charge >= 0.3 is 5.97 Å². The quantitative estimate of drug-likeness (QED) is 0.180. The zero-order chi connectivity index (χ0) is 26.0. The van der Waals surface area contributed by atoms with Crippen LogP contribution >= 0.6 is 23.7 Å². The molecule has 0 aliphatic heterocycles. The molecule has 38 heavy (non-hydrogen) atoms. The lowest BCUT2D eigenvalue weighted by Gasteiger charge is -2.16. The number of thiophene rings is 1. The Morgan fingerprint density at radius 2 is 1.55 bits per heavy atom. The molecular formula is C31H34ClNO4S. The van der Waals surface area contributed by atoms with Gasteiger partial charge < -0.3 is 14.6 Å². The van der Waals surface area contributed by atoms with Crippen LogP contribution in [-0.4, -0.2) is 16.1 Å². The molecule has 4 rings (SSSR count). The van der Waals surface area contributed by atoms with E-state index in [9.17, 15) is 4.79 Å². The van der Waals surface area contributed by atoms with Gasteiger partial charge in [0.1, 0.15) is 24.7 Å². The number of rotatable bonds is 13. The lowest BCUT2D eigenvalue weighted by atomic mass is 9.90. The van der Waals surface area contributed by atoms with Gasteiger partial charge in [0, 0.05) is 11.1 Å². The third-order valence-electron chi connectivity index (χ3n) is 6.31. The number of nitrogens with zero attached hydrogens (tertiary/aromatic N) is 1. The molecule has 0 bridgehead atoms. The van der Waals surface area contributed by atoms with Crippen LogP contribution in [0.5, 0.6) is 11.5 Å². The number of pyridine rings is 1. The normalized spacial score (nSPS) is 10.7. The van der Waals surface area contributed by atoms with E-state index < -0.39 is 5.97 Å². The molecule has 0 aliphatic carbocycles. The van der Waals surface area contributed by atoms with Crippen molar-refractivity contribution in [2.75, 3.05) is 0 Å². The molecule has 0 spiro atoms. The summed E-state index contributed by atoms with van der Waals surface area (Å²) in [6, 6.07) is 20.6. The molecule has 4 aromatic rings. The lowest BCUT2D eigenvalue weighted by Crippen LogP contribution is -1.99. The minimum Gasteiger partial charge on any atom is -0.489 e. The molecule has 1 N–H and O–H groups in total. The first kappa shape index (κ1) is 29.2. The molecule has 2 heterocycles. The molecule has 200 valence electrons. The largest absolute Gasteiger partial charge is 0.489 e. The number of benzene rings is 2. The van der Waals surface area contributed by atoms with E-state index in [1.165, 1.54) is 49.7 Å². The van der Waals surface area contributed by atoms with E-state index in [0.717, 1.165) is 27.3 Å². The average molecular weight is 552 g/mol. The maximum Gasteiger partial charge on any atom is 0.337 e. The van der Waals surface area contributed by atoms with Crippen molar-refractivity contribution >= 4 is 29.7 Å². The zero-order valence-electron chi connectivity index (χ0n) is 21.8. The molecule has 0 fully saturated rings. The van der Waals surface area contributed by atoms with Crippen LogP contribution in [0.2, 0.25) is 0 Å². The maximum atomic E-state index is 11.1. The number of halogens is 1. The molecule has 2 aromatic carbocycles. The van der Waals surface area contributed by atoms with Gasteiger partial charge in [-0.25, -0.2) is 4.79 Å². The molecule has 0 atom stereocenters. The number of ether oxygens (including phenoxy) is 2. The number of carbonyl (C=O) groups is 1. The minimum atomic E-state index is -1.02. The standard InChI is InChI=1S/C31H33NO4S.ClH/c1-3-5-23(6-4-2)24-11-13-28(14-12-24)35-19-22-7-9-25(10-8-22)27-16-30(37-21-27)20-36-29-15-26(31(33)34)17-32-18-29;/h7-18,21,23H,3-6,19-20H2,1-2H3,(H,33,34);1H. The van der Waals surface area contributed by atoms with E-state index in [0.29, 0.717) is 24.9 Å². The van der Waals surface area contributed by atoms with Crippen LogP contribution in [0.3, 0.4) is 0 Å². The zero-order valence-corrected chi connectivity index (χ0v) is 23.4. The van der Waals surface area contributed by atoms with E-state index in [2.05, 4.69) is 78.8 Å². The highest BCUT2D eigenvalue weighted by Crippen LogP contribution is 2.29. The Kier molecular flexibility index (Phi) is 11.2. The Labute approximate surface area is 234 Å². The highest BCUT2D eigenvalue weighted by Gasteiger charge is 2.10. The Balaban J connectivity index is 0.00000400. The monoisotopic (exact) mass is 551 g/mol. The summed E-state index contributed by atoms with van der Waals surface area (Å²) >= 11 is 1.61. The molecule has 0 radical (unpaired) electrons. The molecule has 0 amide bonds. The summed E-state index contributed by atoms with van der Waals surface area (Å²) in [5.74, 6) is 0.953. The number of hydrogen-bond donors (Lipinski definition) is 1. The van der Waals surface area contributed by atoms with Crippen molar-refractivity contribution in [3.8, 4) is 22.6 Å². The van der Waals surface area contributed by atoms with Crippen molar-refractivity contribution < 1.29 is 19.4 Å². The van der Waals surface area contributed by atoms with Gasteiger partial charge in [-0.3, -0.25) is 4.98 Å². The second-order valence-corrected chi connectivity index (χ2v) is 10.1. The molecular weight excluding hydrogens is 518 g/mol. The fourth-order valence-corrected chi connectivity index (χ4v) is 5.15. The van der Waals surface area contributed by atoms with Gasteiger partial charge in [0.15, 0.2) is 0 Å². The summed E-state index contributed by atoms with van der Waals surface area (Å²) < 4.78 is 11.8. The van der Waals surface area contributed by atoms with Crippen LogP contribution in [0.4, 0.5) is 0 Å². The summed E-state index contributed by atoms with van der Waals surface area (Å²) in [5.41, 5.74) is 4.89. The molecule has 0 unspecified atom stereocenters. The summed E-state index contributed by atoms with van der Waals surface area (Å²) in [6.07, 6.45) is 7.71. The number of hydrogen-bond acceptors (Lipinski definition) is 5. The number of aromatic carboxylic acids is 1. The van der Waals surface area contributed by atoms with E-state index in [1.54, 1.807) is 11.3 Å². The van der Waals surface area contributed by atoms with Gasteiger partial charge in [-0.05, 0) is 70.7 Å². The van der Waals surface area contributed by atoms with Gasteiger partial charge in [0.2, 0.25) is 0 Å². The summed E-state index contributed by atoms with van der Waals surface area (Å²) in [6.45, 7) is 5.39. The van der Waals surface area contributed by atoms with Crippen LogP contribution in [0, 0.1) is 0 Å². The van der Waals surface area contributed by atoms with Crippen molar-refractivity contribution in [3.63, 3.8) is 0 Å². The third kappa shape index (κ3) is 8.07. The van der Waals surface area contributed by atoms with Gasteiger partial charge in [0.05, 0.1) is 11.8 Å². The second kappa shape index (κ2) is 14.6. The van der Waals surface area contributed by atoms with E-state index >= 15 is 0 Å². The Hall–Kier alpha value is -3.35. The van der Waals surface area contributed by atoms with Gasteiger partial charge in [-0.1, -0.05) is 63.1 Å². The van der Waals surface area contributed by atoms with Crippen LogP contribution < -0.4 is 9.47 Å². The minimum absolute atomic E-state index is 0. The average Bonchev–Trinajstić information content (AvgIpc) is 3.40. The first-order chi connectivity index (χ1) is 18.1. The predicted molar refractivity (Wildman–Crippen MR) is 156 cm³/mol. The van der Waals surface area contributed by atoms with Crippen molar-refractivity contribution in [1.29, 1.82) is 0 Å². The van der Waals surface area contributed by atoms with Crippen LogP contribution in [0.15, 0.2) is 78.4 Å². The van der Waals surface area contributed by atoms with Crippen LogP contribution in [-0.2, 0) is 13.2 Å². The molecule has 5 nitrogen and oxygen atoms in total. The molecule has 7 heteroatoms. The Morgan fingerprint density at radius 1 is 0.868 bits per heavy atom. The molecule has 2 aromatic heterocycles. The smallest absolute Gasteiger partial charge is 0.337 e. The number of carboxylic acids is 1. The Morgan fingerprint density at radius 3 is 2.21 bits per heavy atom. The first-order valence-corrected chi connectivity index (χ1v) is 13.6. The van der Waals surface area contributed by atoms with E-state index in [4.69, 9.17) is 14.6 Å². The van der Waals surface area contributed by atoms with Crippen LogP contribution in [0.25, 0.3) is 11.1 Å². The molecule has 0 saturated carbocycles.